The van der Waals surface area contributed by atoms with Crippen LogP contribution >= 0.6 is 15.9 Å². The van der Waals surface area contributed by atoms with Gasteiger partial charge in [-0.15, -0.1) is 0 Å². The zero-order valence-electron chi connectivity index (χ0n) is 7.17. The van der Waals surface area contributed by atoms with Gasteiger partial charge in [0.15, 0.2) is 0 Å². The van der Waals surface area contributed by atoms with Crippen LogP contribution < -0.4 is 5.56 Å². The molecule has 1 rings (SSSR count). The monoisotopic (exact) mass is 230 g/mol. The summed E-state index contributed by atoms with van der Waals surface area (Å²) in [5, 5.41) is 4.68. The first-order valence-corrected chi connectivity index (χ1v) is 4.94. The fourth-order valence-corrected chi connectivity index (χ4v) is 1.46. The topological polar surface area (TPSA) is 34.9 Å². The van der Waals surface area contributed by atoms with E-state index in [1.165, 1.54) is 4.68 Å². The van der Waals surface area contributed by atoms with Crippen molar-refractivity contribution >= 4 is 15.9 Å². The van der Waals surface area contributed by atoms with Crippen LogP contribution in [0.2, 0.25) is 0 Å². The average Bonchev–Trinajstić information content (AvgIpc) is 2.08. The van der Waals surface area contributed by atoms with E-state index in [1.807, 2.05) is 19.9 Å². The Bertz CT molecular complexity index is 304. The van der Waals surface area contributed by atoms with Crippen LogP contribution in [-0.2, 0) is 11.9 Å². The van der Waals surface area contributed by atoms with Crippen molar-refractivity contribution in [2.75, 3.05) is 0 Å². The van der Waals surface area contributed by atoms with Crippen molar-refractivity contribution in [3.8, 4) is 0 Å². The summed E-state index contributed by atoms with van der Waals surface area (Å²) in [7, 11) is 0. The van der Waals surface area contributed by atoms with Crippen LogP contribution in [0, 0.1) is 6.92 Å². The molecule has 0 bridgehead atoms. The lowest BCUT2D eigenvalue weighted by Gasteiger charge is -2.03. The zero-order chi connectivity index (χ0) is 9.14. The van der Waals surface area contributed by atoms with Gasteiger partial charge in [-0.3, -0.25) is 4.79 Å². The number of hydrogen-bond acceptors (Lipinski definition) is 2. The minimum atomic E-state index is -0.0000231. The molecule has 4 heteroatoms. The highest BCUT2D eigenvalue weighted by atomic mass is 79.9. The van der Waals surface area contributed by atoms with Crippen LogP contribution in [0.3, 0.4) is 0 Å². The first-order valence-electron chi connectivity index (χ1n) is 3.82. The molecule has 0 saturated carbocycles. The van der Waals surface area contributed by atoms with Crippen molar-refractivity contribution in [2.24, 2.45) is 0 Å². The number of halogens is 1. The van der Waals surface area contributed by atoms with Crippen LogP contribution in [0.25, 0.3) is 0 Å². The van der Waals surface area contributed by atoms with E-state index in [-0.39, 0.29) is 5.56 Å². The van der Waals surface area contributed by atoms with Crippen molar-refractivity contribution in [1.82, 2.24) is 9.78 Å². The van der Waals surface area contributed by atoms with Crippen molar-refractivity contribution in [2.45, 2.75) is 25.7 Å². The standard InChI is InChI=1S/C8H11BrN2O/c1-3-11-8(12)7(5-9)4-6(2)10-11/h4H,3,5H2,1-2H3. The Hall–Kier alpha value is -0.640. The van der Waals surface area contributed by atoms with Crippen molar-refractivity contribution in [3.05, 3.63) is 27.7 Å². The third-order valence-electron chi connectivity index (χ3n) is 1.61. The quantitative estimate of drug-likeness (QED) is 0.722. The Morgan fingerprint density at radius 3 is 2.83 bits per heavy atom. The number of alkyl halides is 1. The Morgan fingerprint density at radius 1 is 1.67 bits per heavy atom. The lowest BCUT2D eigenvalue weighted by molar-refractivity contribution is 0.601. The Kier molecular flexibility index (Phi) is 3.03. The van der Waals surface area contributed by atoms with E-state index in [0.717, 1.165) is 11.3 Å². The molecule has 0 spiro atoms. The van der Waals surface area contributed by atoms with E-state index in [1.54, 1.807) is 0 Å². The Morgan fingerprint density at radius 2 is 2.33 bits per heavy atom. The number of hydrogen-bond donors (Lipinski definition) is 0. The largest absolute Gasteiger partial charge is 0.270 e. The molecule has 3 nitrogen and oxygen atoms in total. The normalized spacial score (nSPS) is 10.2. The Labute approximate surface area is 79.5 Å². The number of nitrogens with zero attached hydrogens (tertiary/aromatic N) is 2. The maximum atomic E-state index is 11.5. The predicted molar refractivity (Wildman–Crippen MR) is 51.5 cm³/mol. The van der Waals surface area contributed by atoms with Gasteiger partial charge in [0.2, 0.25) is 0 Å². The number of aryl methyl sites for hydroxylation is 2. The highest BCUT2D eigenvalue weighted by Crippen LogP contribution is 2.00. The summed E-state index contributed by atoms with van der Waals surface area (Å²) in [5.74, 6) is 0. The molecule has 0 fully saturated rings. The van der Waals surface area contributed by atoms with Gasteiger partial charge < -0.3 is 0 Å². The molecule has 0 aliphatic carbocycles. The second-order valence-electron chi connectivity index (χ2n) is 2.57. The number of aromatic nitrogens is 2. The molecule has 1 aromatic heterocycles. The molecular formula is C8H11BrN2O. The van der Waals surface area contributed by atoms with E-state index < -0.39 is 0 Å². The molecule has 0 saturated heterocycles. The molecule has 0 aliphatic rings. The predicted octanol–water partition coefficient (Wildman–Crippen LogP) is 1.47. The minimum absolute atomic E-state index is 0.0000231. The molecule has 0 aliphatic heterocycles. The average molecular weight is 231 g/mol. The maximum absolute atomic E-state index is 11.5. The molecule has 0 unspecified atom stereocenters. The van der Waals surface area contributed by atoms with Crippen LogP contribution in [-0.4, -0.2) is 9.78 Å². The van der Waals surface area contributed by atoms with Gasteiger partial charge >= 0.3 is 0 Å². The van der Waals surface area contributed by atoms with Gasteiger partial charge in [-0.05, 0) is 19.9 Å². The highest BCUT2D eigenvalue weighted by molar-refractivity contribution is 9.08. The molecular weight excluding hydrogens is 220 g/mol. The molecule has 66 valence electrons. The fourth-order valence-electron chi connectivity index (χ4n) is 1.05. The van der Waals surface area contributed by atoms with Gasteiger partial charge in [-0.25, -0.2) is 4.68 Å². The summed E-state index contributed by atoms with van der Waals surface area (Å²) in [4.78, 5) is 11.5. The number of rotatable bonds is 2. The first-order chi connectivity index (χ1) is 5.69. The van der Waals surface area contributed by atoms with Crippen molar-refractivity contribution in [3.63, 3.8) is 0 Å². The molecule has 0 amide bonds. The van der Waals surface area contributed by atoms with Gasteiger partial charge in [0.25, 0.3) is 5.56 Å². The summed E-state index contributed by atoms with van der Waals surface area (Å²) in [6.07, 6.45) is 0. The van der Waals surface area contributed by atoms with E-state index in [4.69, 9.17) is 0 Å². The molecule has 0 atom stereocenters. The van der Waals surface area contributed by atoms with Gasteiger partial charge in [0.05, 0.1) is 5.69 Å². The van der Waals surface area contributed by atoms with Gasteiger partial charge in [-0.1, -0.05) is 15.9 Å². The lowest BCUT2D eigenvalue weighted by atomic mass is 10.3. The summed E-state index contributed by atoms with van der Waals surface area (Å²) < 4.78 is 1.48. The maximum Gasteiger partial charge on any atom is 0.270 e. The van der Waals surface area contributed by atoms with E-state index in [2.05, 4.69) is 21.0 Å². The lowest BCUT2D eigenvalue weighted by Crippen LogP contribution is -2.25. The van der Waals surface area contributed by atoms with E-state index in [0.29, 0.717) is 11.9 Å². The second-order valence-corrected chi connectivity index (χ2v) is 3.13. The van der Waals surface area contributed by atoms with Crippen molar-refractivity contribution < 1.29 is 0 Å². The fraction of sp³-hybridized carbons (Fsp3) is 0.500. The molecule has 1 heterocycles. The van der Waals surface area contributed by atoms with Gasteiger partial charge in [0, 0.05) is 17.4 Å². The molecule has 0 radical (unpaired) electrons. The van der Waals surface area contributed by atoms with Crippen LogP contribution in [0.4, 0.5) is 0 Å². The molecule has 12 heavy (non-hydrogen) atoms. The third-order valence-corrected chi connectivity index (χ3v) is 2.22. The third kappa shape index (κ3) is 1.75. The summed E-state index contributed by atoms with van der Waals surface area (Å²) >= 11 is 3.26. The first kappa shape index (κ1) is 9.45. The van der Waals surface area contributed by atoms with E-state index in [9.17, 15) is 4.79 Å². The summed E-state index contributed by atoms with van der Waals surface area (Å²) in [5.41, 5.74) is 1.65. The van der Waals surface area contributed by atoms with Gasteiger partial charge in [0.1, 0.15) is 0 Å². The molecule has 0 aromatic carbocycles. The van der Waals surface area contributed by atoms with Crippen LogP contribution in [0.5, 0.6) is 0 Å². The smallest absolute Gasteiger partial charge is 0.267 e. The SMILES string of the molecule is CCn1nc(C)cc(CBr)c1=O. The zero-order valence-corrected chi connectivity index (χ0v) is 8.76. The Balaban J connectivity index is 3.32. The van der Waals surface area contributed by atoms with Crippen LogP contribution in [0.1, 0.15) is 18.2 Å². The highest BCUT2D eigenvalue weighted by Gasteiger charge is 2.02. The van der Waals surface area contributed by atoms with Gasteiger partial charge in [-0.2, -0.15) is 5.10 Å². The van der Waals surface area contributed by atoms with Crippen LogP contribution in [0.15, 0.2) is 10.9 Å². The molecule has 0 N–H and O–H groups in total. The van der Waals surface area contributed by atoms with E-state index >= 15 is 0 Å². The molecule has 1 aromatic rings. The summed E-state index contributed by atoms with van der Waals surface area (Å²) in [6, 6.07) is 1.81. The minimum Gasteiger partial charge on any atom is -0.267 e. The summed E-state index contributed by atoms with van der Waals surface area (Å²) in [6.45, 7) is 4.42. The van der Waals surface area contributed by atoms with Crippen molar-refractivity contribution in [1.29, 1.82) is 0 Å². The second kappa shape index (κ2) is 3.85.